The van der Waals surface area contributed by atoms with Crippen molar-refractivity contribution >= 4 is 11.8 Å². The Kier molecular flexibility index (Phi) is 3.90. The molecule has 2 rings (SSSR count). The van der Waals surface area contributed by atoms with E-state index in [2.05, 4.69) is 6.58 Å². The fourth-order valence-corrected chi connectivity index (χ4v) is 2.90. The van der Waals surface area contributed by atoms with Gasteiger partial charge in [0.05, 0.1) is 12.0 Å². The Balaban J connectivity index is 2.18. The van der Waals surface area contributed by atoms with Gasteiger partial charge in [0.1, 0.15) is 11.9 Å². The fourth-order valence-electron chi connectivity index (χ4n) is 2.90. The van der Waals surface area contributed by atoms with Crippen LogP contribution in [0.5, 0.6) is 0 Å². The van der Waals surface area contributed by atoms with E-state index in [9.17, 15) is 14.7 Å². The van der Waals surface area contributed by atoms with Crippen molar-refractivity contribution in [2.24, 2.45) is 11.8 Å². The second-order valence-electron chi connectivity index (χ2n) is 5.57. The number of hydrogen-bond donors (Lipinski definition) is 1. The van der Waals surface area contributed by atoms with E-state index in [4.69, 9.17) is 4.74 Å². The maximum atomic E-state index is 11.5. The molecule has 0 aromatic rings. The summed E-state index contributed by atoms with van der Waals surface area (Å²) < 4.78 is 5.27. The van der Waals surface area contributed by atoms with Crippen LogP contribution in [-0.4, -0.2) is 29.1 Å². The first kappa shape index (κ1) is 14.0. The molecule has 19 heavy (non-hydrogen) atoms. The molecule has 1 heterocycles. The molecular weight excluding hydrogens is 244 g/mol. The highest BCUT2D eigenvalue weighted by Gasteiger charge is 2.44. The highest BCUT2D eigenvalue weighted by Crippen LogP contribution is 2.39. The summed E-state index contributed by atoms with van der Waals surface area (Å²) in [7, 11) is 0. The van der Waals surface area contributed by atoms with Gasteiger partial charge in [-0.3, -0.25) is 0 Å². The van der Waals surface area contributed by atoms with Crippen molar-refractivity contribution in [3.63, 3.8) is 0 Å². The Labute approximate surface area is 113 Å². The van der Waals surface area contributed by atoms with E-state index in [1.807, 2.05) is 6.92 Å². The number of carbonyl (C=O) groups excluding carboxylic acids is 2. The average molecular weight is 264 g/mol. The predicted molar refractivity (Wildman–Crippen MR) is 70.3 cm³/mol. The molecule has 0 spiro atoms. The molecule has 1 aliphatic heterocycles. The minimum atomic E-state index is -0.754. The second-order valence-corrected chi connectivity index (χ2v) is 5.57. The average Bonchev–Trinajstić information content (AvgIpc) is 2.52. The first-order valence-electron chi connectivity index (χ1n) is 6.68. The number of fused-ring (bicyclic) bond motifs is 1. The molecule has 0 amide bonds. The van der Waals surface area contributed by atoms with Gasteiger partial charge in [-0.1, -0.05) is 25.2 Å². The van der Waals surface area contributed by atoms with Gasteiger partial charge >= 0.3 is 5.97 Å². The Bertz CT molecular complexity index is 449. The van der Waals surface area contributed by atoms with Crippen LogP contribution >= 0.6 is 0 Å². The zero-order valence-electron chi connectivity index (χ0n) is 11.4. The number of aliphatic hydroxyl groups excluding tert-OH is 1. The van der Waals surface area contributed by atoms with Crippen LogP contribution in [0.1, 0.15) is 33.1 Å². The molecule has 0 aromatic carbocycles. The third-order valence-electron chi connectivity index (χ3n) is 4.06. The maximum absolute atomic E-state index is 11.5. The van der Waals surface area contributed by atoms with E-state index in [0.29, 0.717) is 24.8 Å². The Morgan fingerprint density at radius 1 is 1.58 bits per heavy atom. The standard InChI is InChI=1S/C15H20O4/c1-8-6-13-14(10(3)15(18)19-13)12(17)7-11(8)5-4-9(2)16/h7-8,12-14,17H,3-6H2,1-2H3/t8-,12+,13+,14-/m0/s1. The number of esters is 1. The summed E-state index contributed by atoms with van der Waals surface area (Å²) in [5.41, 5.74) is 1.43. The molecular formula is C15H20O4. The van der Waals surface area contributed by atoms with Crippen LogP contribution in [-0.2, 0) is 14.3 Å². The summed E-state index contributed by atoms with van der Waals surface area (Å²) in [5, 5.41) is 10.2. The number of ether oxygens (including phenoxy) is 1. The molecule has 0 aromatic heterocycles. The van der Waals surface area contributed by atoms with Gasteiger partial charge in [-0.25, -0.2) is 4.79 Å². The zero-order valence-corrected chi connectivity index (χ0v) is 11.4. The molecule has 0 radical (unpaired) electrons. The molecule has 0 unspecified atom stereocenters. The van der Waals surface area contributed by atoms with Gasteiger partial charge in [0, 0.05) is 12.0 Å². The van der Waals surface area contributed by atoms with E-state index in [1.54, 1.807) is 13.0 Å². The quantitative estimate of drug-likeness (QED) is 0.479. The van der Waals surface area contributed by atoms with E-state index in [0.717, 1.165) is 5.57 Å². The lowest BCUT2D eigenvalue weighted by atomic mass is 9.89. The van der Waals surface area contributed by atoms with Crippen molar-refractivity contribution in [2.75, 3.05) is 0 Å². The number of rotatable bonds is 3. The monoisotopic (exact) mass is 264 g/mol. The Morgan fingerprint density at radius 2 is 2.26 bits per heavy atom. The molecule has 1 N–H and O–H groups in total. The van der Waals surface area contributed by atoms with E-state index < -0.39 is 12.1 Å². The minimum Gasteiger partial charge on any atom is -0.458 e. The summed E-state index contributed by atoms with van der Waals surface area (Å²) in [6.07, 6.45) is 2.56. The molecule has 1 saturated heterocycles. The molecule has 104 valence electrons. The van der Waals surface area contributed by atoms with Crippen LogP contribution in [0.2, 0.25) is 0 Å². The lowest BCUT2D eigenvalue weighted by Gasteiger charge is -2.19. The normalized spacial score (nSPS) is 34.4. The number of ketones is 1. The van der Waals surface area contributed by atoms with Crippen molar-refractivity contribution in [1.82, 2.24) is 0 Å². The molecule has 4 atom stereocenters. The molecule has 0 bridgehead atoms. The van der Waals surface area contributed by atoms with Crippen molar-refractivity contribution in [3.8, 4) is 0 Å². The smallest absolute Gasteiger partial charge is 0.334 e. The number of aliphatic hydroxyl groups is 1. The van der Waals surface area contributed by atoms with Gasteiger partial charge in [0.15, 0.2) is 0 Å². The molecule has 1 aliphatic carbocycles. The van der Waals surface area contributed by atoms with Gasteiger partial charge in [-0.15, -0.1) is 0 Å². The SMILES string of the molecule is C=C1C(=O)O[C@@H]2C[C@H](C)C(CCC(C)=O)=C[C@@H](O)[C@H]12. The lowest BCUT2D eigenvalue weighted by molar-refractivity contribution is -0.139. The summed E-state index contributed by atoms with van der Waals surface area (Å²) >= 11 is 0. The number of Topliss-reactive ketones (excluding diaryl/α,β-unsaturated/α-hetero) is 1. The van der Waals surface area contributed by atoms with Crippen LogP contribution < -0.4 is 0 Å². The third-order valence-corrected chi connectivity index (χ3v) is 4.06. The van der Waals surface area contributed by atoms with Gasteiger partial charge in [-0.2, -0.15) is 0 Å². The van der Waals surface area contributed by atoms with Crippen molar-refractivity contribution < 1.29 is 19.4 Å². The summed E-state index contributed by atoms with van der Waals surface area (Å²) in [4.78, 5) is 22.6. The van der Waals surface area contributed by atoms with E-state index in [-0.39, 0.29) is 23.7 Å². The highest BCUT2D eigenvalue weighted by molar-refractivity contribution is 5.91. The van der Waals surface area contributed by atoms with Gasteiger partial charge < -0.3 is 14.6 Å². The first-order valence-corrected chi connectivity index (χ1v) is 6.68. The molecule has 0 saturated carbocycles. The lowest BCUT2D eigenvalue weighted by Crippen LogP contribution is -2.26. The van der Waals surface area contributed by atoms with Crippen LogP contribution in [0.25, 0.3) is 0 Å². The van der Waals surface area contributed by atoms with Gasteiger partial charge in [-0.05, 0) is 25.7 Å². The first-order chi connectivity index (χ1) is 8.90. The number of carbonyl (C=O) groups is 2. The summed E-state index contributed by atoms with van der Waals surface area (Å²) in [5.74, 6) is -0.405. The fraction of sp³-hybridized carbons (Fsp3) is 0.600. The Morgan fingerprint density at radius 3 is 2.89 bits per heavy atom. The largest absolute Gasteiger partial charge is 0.458 e. The van der Waals surface area contributed by atoms with Crippen molar-refractivity contribution in [1.29, 1.82) is 0 Å². The summed E-state index contributed by atoms with van der Waals surface area (Å²) in [6.45, 7) is 7.32. The van der Waals surface area contributed by atoms with Crippen molar-refractivity contribution in [2.45, 2.75) is 45.3 Å². The van der Waals surface area contributed by atoms with Crippen molar-refractivity contribution in [3.05, 3.63) is 23.8 Å². The molecule has 4 nitrogen and oxygen atoms in total. The van der Waals surface area contributed by atoms with Crippen LogP contribution in [0, 0.1) is 11.8 Å². The van der Waals surface area contributed by atoms with E-state index >= 15 is 0 Å². The Hall–Kier alpha value is -1.42. The topological polar surface area (TPSA) is 63.6 Å². The predicted octanol–water partition coefficient (Wildman–Crippen LogP) is 1.78. The summed E-state index contributed by atoms with van der Waals surface area (Å²) in [6, 6.07) is 0. The van der Waals surface area contributed by atoms with Gasteiger partial charge in [0.2, 0.25) is 0 Å². The zero-order chi connectivity index (χ0) is 14.2. The molecule has 1 fully saturated rings. The maximum Gasteiger partial charge on any atom is 0.334 e. The second kappa shape index (κ2) is 5.29. The highest BCUT2D eigenvalue weighted by atomic mass is 16.6. The molecule has 4 heteroatoms. The third kappa shape index (κ3) is 2.78. The molecule has 2 aliphatic rings. The van der Waals surface area contributed by atoms with E-state index in [1.165, 1.54) is 0 Å². The van der Waals surface area contributed by atoms with Crippen LogP contribution in [0.4, 0.5) is 0 Å². The number of allylic oxidation sites excluding steroid dienone is 1. The van der Waals surface area contributed by atoms with Crippen LogP contribution in [0.3, 0.4) is 0 Å². The number of hydrogen-bond acceptors (Lipinski definition) is 4. The minimum absolute atomic E-state index is 0.142. The van der Waals surface area contributed by atoms with Gasteiger partial charge in [0.25, 0.3) is 0 Å². The van der Waals surface area contributed by atoms with Crippen LogP contribution in [0.15, 0.2) is 23.8 Å².